The lowest BCUT2D eigenvalue weighted by atomic mass is 10.1. The number of amides is 2. The van der Waals surface area contributed by atoms with Crippen LogP contribution in [0.4, 0.5) is 4.79 Å². The Labute approximate surface area is 112 Å². The van der Waals surface area contributed by atoms with Gasteiger partial charge in [-0.3, -0.25) is 9.78 Å². The van der Waals surface area contributed by atoms with E-state index in [2.05, 4.69) is 15.6 Å². The van der Waals surface area contributed by atoms with Crippen molar-refractivity contribution < 1.29 is 24.6 Å². The second-order valence-electron chi connectivity index (χ2n) is 3.62. The summed E-state index contributed by atoms with van der Waals surface area (Å²) in [6.45, 7) is 0.238. The molecule has 0 saturated carbocycles. The van der Waals surface area contributed by atoms with Crippen molar-refractivity contribution in [3.05, 3.63) is 16.6 Å². The Bertz CT molecular complexity index is 448. The van der Waals surface area contributed by atoms with Crippen LogP contribution in [0.1, 0.15) is 17.7 Å². The maximum absolute atomic E-state index is 11.4. The fourth-order valence-electron chi connectivity index (χ4n) is 1.23. The van der Waals surface area contributed by atoms with E-state index in [4.69, 9.17) is 10.2 Å². The second kappa shape index (κ2) is 7.31. The summed E-state index contributed by atoms with van der Waals surface area (Å²) < 4.78 is 0. The summed E-state index contributed by atoms with van der Waals surface area (Å²) in [7, 11) is 0. The smallest absolute Gasteiger partial charge is 0.326 e. The third-order valence-corrected chi connectivity index (χ3v) is 2.94. The number of aliphatic carboxylic acids is 2. The van der Waals surface area contributed by atoms with Crippen molar-refractivity contribution in [2.24, 2.45) is 0 Å². The average Bonchev–Trinajstić information content (AvgIpc) is 2.84. The molecule has 0 aliphatic rings. The Morgan fingerprint density at radius 1 is 1.37 bits per heavy atom. The predicted octanol–water partition coefficient (Wildman–Crippen LogP) is 0.260. The molecule has 19 heavy (non-hydrogen) atoms. The lowest BCUT2D eigenvalue weighted by Gasteiger charge is -2.13. The van der Waals surface area contributed by atoms with E-state index in [9.17, 15) is 14.4 Å². The number of aromatic nitrogens is 1. The van der Waals surface area contributed by atoms with E-state index in [1.165, 1.54) is 11.3 Å². The van der Waals surface area contributed by atoms with E-state index in [1.807, 2.05) is 0 Å². The van der Waals surface area contributed by atoms with Gasteiger partial charge in [0.05, 0.1) is 12.1 Å². The van der Waals surface area contributed by atoms with Crippen LogP contribution < -0.4 is 10.6 Å². The first kappa shape index (κ1) is 14.9. The van der Waals surface area contributed by atoms with Gasteiger partial charge in [0.25, 0.3) is 0 Å². The molecule has 0 aromatic carbocycles. The highest BCUT2D eigenvalue weighted by atomic mass is 32.1. The van der Waals surface area contributed by atoms with Gasteiger partial charge in [-0.25, -0.2) is 9.59 Å². The molecule has 0 aliphatic heterocycles. The molecule has 8 nitrogen and oxygen atoms in total. The van der Waals surface area contributed by atoms with Gasteiger partial charge in [-0.1, -0.05) is 0 Å². The lowest BCUT2D eigenvalue weighted by Crippen LogP contribution is -2.45. The Morgan fingerprint density at radius 2 is 2.11 bits per heavy atom. The minimum atomic E-state index is -1.27. The summed E-state index contributed by atoms with van der Waals surface area (Å²) in [4.78, 5) is 37.3. The first-order valence-electron chi connectivity index (χ1n) is 5.35. The molecular formula is C10H13N3O5S. The van der Waals surface area contributed by atoms with Crippen LogP contribution in [0.15, 0.2) is 11.7 Å². The van der Waals surface area contributed by atoms with Crippen LogP contribution in [0.25, 0.3) is 0 Å². The number of hydrogen-bond acceptors (Lipinski definition) is 5. The van der Waals surface area contributed by atoms with Crippen LogP contribution in [-0.2, 0) is 16.1 Å². The van der Waals surface area contributed by atoms with Crippen LogP contribution >= 0.6 is 11.3 Å². The number of thiazole rings is 1. The average molecular weight is 287 g/mol. The van der Waals surface area contributed by atoms with Gasteiger partial charge >= 0.3 is 18.0 Å². The summed E-state index contributed by atoms with van der Waals surface area (Å²) in [6.07, 6.45) is 1.09. The van der Waals surface area contributed by atoms with Crippen LogP contribution in [-0.4, -0.2) is 39.2 Å². The number of rotatable bonds is 7. The number of carboxylic acids is 2. The molecule has 2 amide bonds. The molecule has 1 unspecified atom stereocenters. The van der Waals surface area contributed by atoms with Crippen molar-refractivity contribution in [3.8, 4) is 0 Å². The summed E-state index contributed by atoms with van der Waals surface area (Å²) >= 11 is 1.36. The number of hydrogen-bond donors (Lipinski definition) is 4. The number of carbonyl (C=O) groups is 3. The minimum Gasteiger partial charge on any atom is -0.481 e. The molecule has 0 saturated heterocycles. The Kier molecular flexibility index (Phi) is 5.73. The molecule has 0 fully saturated rings. The van der Waals surface area contributed by atoms with Gasteiger partial charge in [-0.05, 0) is 6.42 Å². The van der Waals surface area contributed by atoms with Gasteiger partial charge in [-0.2, -0.15) is 0 Å². The van der Waals surface area contributed by atoms with Crippen LogP contribution in [0.2, 0.25) is 0 Å². The molecule has 0 bridgehead atoms. The van der Waals surface area contributed by atoms with Crippen LogP contribution in [0.3, 0.4) is 0 Å². The fraction of sp³-hybridized carbons (Fsp3) is 0.400. The largest absolute Gasteiger partial charge is 0.481 e. The van der Waals surface area contributed by atoms with Crippen LogP contribution in [0.5, 0.6) is 0 Å². The van der Waals surface area contributed by atoms with Crippen molar-refractivity contribution in [2.75, 3.05) is 0 Å². The molecule has 0 aliphatic carbocycles. The standard InChI is InChI=1S/C10H13N3O5S/c14-8(15)2-1-7(9(16)17)13-10(18)12-4-6-3-11-5-19-6/h3,5,7H,1-2,4H2,(H,14,15)(H,16,17)(H2,12,13,18). The monoisotopic (exact) mass is 287 g/mol. The maximum Gasteiger partial charge on any atom is 0.326 e. The first-order chi connectivity index (χ1) is 8.99. The van der Waals surface area contributed by atoms with Gasteiger partial charge in [0.1, 0.15) is 6.04 Å². The molecule has 1 atom stereocenters. The van der Waals surface area contributed by atoms with E-state index >= 15 is 0 Å². The first-order valence-corrected chi connectivity index (χ1v) is 6.23. The Hall–Kier alpha value is -2.16. The van der Waals surface area contributed by atoms with Gasteiger partial charge in [-0.15, -0.1) is 11.3 Å². The quantitative estimate of drug-likeness (QED) is 0.569. The highest BCUT2D eigenvalue weighted by Crippen LogP contribution is 2.04. The highest BCUT2D eigenvalue weighted by Gasteiger charge is 2.20. The van der Waals surface area contributed by atoms with Crippen LogP contribution in [0, 0.1) is 0 Å². The Morgan fingerprint density at radius 3 is 2.63 bits per heavy atom. The number of nitrogens with zero attached hydrogens (tertiary/aromatic N) is 1. The molecule has 104 valence electrons. The molecule has 1 rings (SSSR count). The predicted molar refractivity (Wildman–Crippen MR) is 65.8 cm³/mol. The van der Waals surface area contributed by atoms with Crippen molar-refractivity contribution >= 4 is 29.3 Å². The normalized spacial score (nSPS) is 11.6. The molecule has 0 spiro atoms. The molecule has 1 heterocycles. The third-order valence-electron chi connectivity index (χ3n) is 2.16. The molecule has 1 aromatic rings. The zero-order valence-corrected chi connectivity index (χ0v) is 10.6. The van der Waals surface area contributed by atoms with E-state index in [0.29, 0.717) is 0 Å². The van der Waals surface area contributed by atoms with E-state index in [0.717, 1.165) is 4.88 Å². The van der Waals surface area contributed by atoms with E-state index < -0.39 is 24.0 Å². The van der Waals surface area contributed by atoms with Gasteiger partial charge in [0.2, 0.25) is 0 Å². The molecule has 0 radical (unpaired) electrons. The third kappa shape index (κ3) is 5.82. The summed E-state index contributed by atoms with van der Waals surface area (Å²) in [6, 6.07) is -1.89. The zero-order chi connectivity index (χ0) is 14.3. The highest BCUT2D eigenvalue weighted by molar-refractivity contribution is 7.09. The van der Waals surface area contributed by atoms with Crippen molar-refractivity contribution in [3.63, 3.8) is 0 Å². The van der Waals surface area contributed by atoms with Crippen molar-refractivity contribution in [2.45, 2.75) is 25.4 Å². The lowest BCUT2D eigenvalue weighted by molar-refractivity contribution is -0.140. The topological polar surface area (TPSA) is 129 Å². The van der Waals surface area contributed by atoms with Crippen molar-refractivity contribution in [1.82, 2.24) is 15.6 Å². The number of urea groups is 1. The number of carboxylic acid groups (broad SMARTS) is 2. The second-order valence-corrected chi connectivity index (χ2v) is 4.59. The van der Waals surface area contributed by atoms with Gasteiger partial charge < -0.3 is 20.8 Å². The SMILES string of the molecule is O=C(O)CCC(NC(=O)NCc1cncs1)C(=O)O. The maximum atomic E-state index is 11.4. The summed E-state index contributed by atoms with van der Waals surface area (Å²) in [5.41, 5.74) is 1.61. The van der Waals surface area contributed by atoms with Gasteiger partial charge in [0.15, 0.2) is 0 Å². The fourth-order valence-corrected chi connectivity index (χ4v) is 1.77. The summed E-state index contributed by atoms with van der Waals surface area (Å²) in [5.74, 6) is -2.38. The number of nitrogens with one attached hydrogen (secondary N) is 2. The minimum absolute atomic E-state index is 0.168. The Balaban J connectivity index is 2.38. The number of carbonyl (C=O) groups excluding carboxylic acids is 1. The van der Waals surface area contributed by atoms with Crippen molar-refractivity contribution in [1.29, 1.82) is 0 Å². The van der Waals surface area contributed by atoms with Gasteiger partial charge in [0, 0.05) is 17.5 Å². The molecule has 1 aromatic heterocycles. The van der Waals surface area contributed by atoms with E-state index in [1.54, 1.807) is 11.7 Å². The summed E-state index contributed by atoms with van der Waals surface area (Å²) in [5, 5.41) is 22.0. The molecule has 9 heteroatoms. The molecular weight excluding hydrogens is 274 g/mol. The molecule has 4 N–H and O–H groups in total. The zero-order valence-electron chi connectivity index (χ0n) is 9.83. The van der Waals surface area contributed by atoms with E-state index in [-0.39, 0.29) is 19.4 Å².